The van der Waals surface area contributed by atoms with E-state index in [-0.39, 0.29) is 6.04 Å². The molecule has 1 unspecified atom stereocenters. The fraction of sp³-hybridized carbons (Fsp3) is 0.357. The normalized spacial score (nSPS) is 16.1. The molecule has 0 fully saturated rings. The number of thiophene rings is 1. The van der Waals surface area contributed by atoms with E-state index < -0.39 is 0 Å². The predicted octanol–water partition coefficient (Wildman–Crippen LogP) is 2.68. The van der Waals surface area contributed by atoms with E-state index in [0.717, 1.165) is 12.2 Å². The maximum absolute atomic E-state index is 5.74. The number of nitrogens with two attached hydrogens (primary N) is 1. The quantitative estimate of drug-likeness (QED) is 0.672. The van der Waals surface area contributed by atoms with Crippen molar-refractivity contribution in [2.75, 3.05) is 5.75 Å². The van der Waals surface area contributed by atoms with Crippen LogP contribution in [0.1, 0.15) is 26.9 Å². The van der Waals surface area contributed by atoms with Crippen molar-refractivity contribution in [3.63, 3.8) is 0 Å². The van der Waals surface area contributed by atoms with Crippen molar-refractivity contribution in [2.45, 2.75) is 24.6 Å². The number of thioether (sulfide) groups is 1. The zero-order chi connectivity index (χ0) is 13.1. The number of fused-ring (bicyclic) bond motifs is 1. The van der Waals surface area contributed by atoms with Crippen molar-refractivity contribution in [2.24, 2.45) is 5.84 Å². The summed E-state index contributed by atoms with van der Waals surface area (Å²) < 4.78 is 0. The standard InChI is InChI=1S/C14H17N3S2/c15-17-12(6-10-2-1-4-16-8-10)14-7-11-9-18-5-3-13(11)19-14/h1-2,4,7-8,12,17H,3,5-6,9,15H2. The zero-order valence-electron chi connectivity index (χ0n) is 10.6. The first-order valence-electron chi connectivity index (χ1n) is 6.41. The van der Waals surface area contributed by atoms with Gasteiger partial charge in [-0.1, -0.05) is 6.07 Å². The Hall–Kier alpha value is -0.880. The highest BCUT2D eigenvalue weighted by Crippen LogP contribution is 2.35. The third-order valence-corrected chi connectivity index (χ3v) is 5.71. The van der Waals surface area contributed by atoms with E-state index in [2.05, 4.69) is 22.5 Å². The van der Waals surface area contributed by atoms with Crippen LogP contribution in [-0.4, -0.2) is 10.7 Å². The average Bonchev–Trinajstić information content (AvgIpc) is 2.89. The molecule has 1 aliphatic heterocycles. The molecule has 3 rings (SSSR count). The minimum atomic E-state index is 0.185. The Morgan fingerprint density at radius 3 is 3.16 bits per heavy atom. The van der Waals surface area contributed by atoms with Gasteiger partial charge in [-0.3, -0.25) is 16.3 Å². The average molecular weight is 291 g/mol. The van der Waals surface area contributed by atoms with Gasteiger partial charge in [-0.15, -0.1) is 11.3 Å². The van der Waals surface area contributed by atoms with Crippen molar-refractivity contribution in [3.8, 4) is 0 Å². The summed E-state index contributed by atoms with van der Waals surface area (Å²) in [5, 5.41) is 0. The summed E-state index contributed by atoms with van der Waals surface area (Å²) in [5.74, 6) is 8.14. The number of hydrogen-bond donors (Lipinski definition) is 2. The molecule has 0 bridgehead atoms. The summed E-state index contributed by atoms with van der Waals surface area (Å²) in [6.07, 6.45) is 5.80. The van der Waals surface area contributed by atoms with Crippen LogP contribution in [0, 0.1) is 0 Å². The Morgan fingerprint density at radius 2 is 2.42 bits per heavy atom. The number of nitrogens with zero attached hydrogens (tertiary/aromatic N) is 1. The van der Waals surface area contributed by atoms with Crippen LogP contribution in [0.2, 0.25) is 0 Å². The number of hydrogen-bond acceptors (Lipinski definition) is 5. The molecule has 0 amide bonds. The van der Waals surface area contributed by atoms with Gasteiger partial charge in [0.05, 0.1) is 6.04 Å². The lowest BCUT2D eigenvalue weighted by atomic mass is 10.1. The Bertz CT molecular complexity index is 515. The molecule has 3 N–H and O–H groups in total. The second-order valence-corrected chi connectivity index (χ2v) is 6.96. The molecule has 0 aromatic carbocycles. The summed E-state index contributed by atoms with van der Waals surface area (Å²) in [7, 11) is 0. The largest absolute Gasteiger partial charge is 0.271 e. The highest BCUT2D eigenvalue weighted by Gasteiger charge is 2.19. The van der Waals surface area contributed by atoms with Gasteiger partial charge in [0, 0.05) is 27.9 Å². The molecule has 0 radical (unpaired) electrons. The van der Waals surface area contributed by atoms with Crippen molar-refractivity contribution in [3.05, 3.63) is 51.5 Å². The molecule has 3 heterocycles. The highest BCUT2D eigenvalue weighted by atomic mass is 32.2. The predicted molar refractivity (Wildman–Crippen MR) is 82.2 cm³/mol. The number of hydrazine groups is 1. The molecule has 5 heteroatoms. The summed E-state index contributed by atoms with van der Waals surface area (Å²) in [4.78, 5) is 7.05. The lowest BCUT2D eigenvalue weighted by Crippen LogP contribution is -2.29. The molecule has 3 nitrogen and oxygen atoms in total. The Labute approximate surface area is 121 Å². The molecule has 0 saturated carbocycles. The lowest BCUT2D eigenvalue weighted by molar-refractivity contribution is 0.559. The number of nitrogens with one attached hydrogen (secondary N) is 1. The van der Waals surface area contributed by atoms with Crippen LogP contribution in [-0.2, 0) is 18.6 Å². The Kier molecular flexibility index (Phi) is 4.18. The van der Waals surface area contributed by atoms with E-state index in [1.165, 1.54) is 28.2 Å². The van der Waals surface area contributed by atoms with E-state index in [1.54, 1.807) is 11.1 Å². The molecule has 19 heavy (non-hydrogen) atoms. The second-order valence-electron chi connectivity index (χ2n) is 4.68. The summed E-state index contributed by atoms with van der Waals surface area (Å²) in [6, 6.07) is 6.58. The van der Waals surface area contributed by atoms with Crippen molar-refractivity contribution < 1.29 is 0 Å². The first kappa shape index (κ1) is 13.1. The molecule has 2 aromatic rings. The van der Waals surface area contributed by atoms with Gasteiger partial charge in [0.25, 0.3) is 0 Å². The van der Waals surface area contributed by atoms with Crippen molar-refractivity contribution in [1.82, 2.24) is 10.4 Å². The van der Waals surface area contributed by atoms with E-state index in [9.17, 15) is 0 Å². The van der Waals surface area contributed by atoms with Gasteiger partial charge < -0.3 is 0 Å². The van der Waals surface area contributed by atoms with Gasteiger partial charge in [0.1, 0.15) is 0 Å². The molecule has 0 spiro atoms. The van der Waals surface area contributed by atoms with Gasteiger partial charge in [-0.25, -0.2) is 0 Å². The van der Waals surface area contributed by atoms with Crippen LogP contribution < -0.4 is 11.3 Å². The molecule has 1 aliphatic rings. The smallest absolute Gasteiger partial charge is 0.0594 e. The van der Waals surface area contributed by atoms with Gasteiger partial charge >= 0.3 is 0 Å². The monoisotopic (exact) mass is 291 g/mol. The van der Waals surface area contributed by atoms with Crippen LogP contribution in [0.3, 0.4) is 0 Å². The molecular weight excluding hydrogens is 274 g/mol. The van der Waals surface area contributed by atoms with Crippen LogP contribution >= 0.6 is 23.1 Å². The van der Waals surface area contributed by atoms with Gasteiger partial charge in [0.2, 0.25) is 0 Å². The third-order valence-electron chi connectivity index (χ3n) is 3.35. The maximum atomic E-state index is 5.74. The van der Waals surface area contributed by atoms with E-state index in [1.807, 2.05) is 35.4 Å². The molecule has 0 aliphatic carbocycles. The summed E-state index contributed by atoms with van der Waals surface area (Å²) in [6.45, 7) is 0. The fourth-order valence-electron chi connectivity index (χ4n) is 2.34. The SMILES string of the molecule is NNC(Cc1cccnc1)c1cc2c(s1)CCSC2. The first-order valence-corrected chi connectivity index (χ1v) is 8.38. The molecule has 2 aromatic heterocycles. The van der Waals surface area contributed by atoms with Gasteiger partial charge in [-0.2, -0.15) is 11.8 Å². The summed E-state index contributed by atoms with van der Waals surface area (Å²) in [5.41, 5.74) is 5.67. The molecular formula is C14H17N3S2. The van der Waals surface area contributed by atoms with Crippen LogP contribution in [0.25, 0.3) is 0 Å². The maximum Gasteiger partial charge on any atom is 0.0594 e. The fourth-order valence-corrected chi connectivity index (χ4v) is 4.77. The van der Waals surface area contributed by atoms with E-state index in [0.29, 0.717) is 0 Å². The second kappa shape index (κ2) is 6.05. The topological polar surface area (TPSA) is 50.9 Å². The number of aromatic nitrogens is 1. The van der Waals surface area contributed by atoms with E-state index in [4.69, 9.17) is 5.84 Å². The molecule has 0 saturated heterocycles. The van der Waals surface area contributed by atoms with E-state index >= 15 is 0 Å². The third kappa shape index (κ3) is 3.00. The molecule has 1 atom stereocenters. The zero-order valence-corrected chi connectivity index (χ0v) is 12.3. The van der Waals surface area contributed by atoms with Crippen molar-refractivity contribution >= 4 is 23.1 Å². The highest BCUT2D eigenvalue weighted by molar-refractivity contribution is 7.98. The van der Waals surface area contributed by atoms with Crippen LogP contribution in [0.15, 0.2) is 30.6 Å². The minimum Gasteiger partial charge on any atom is -0.271 e. The van der Waals surface area contributed by atoms with Gasteiger partial charge in [-0.05, 0) is 41.9 Å². The Balaban J connectivity index is 1.80. The Morgan fingerprint density at radius 1 is 1.47 bits per heavy atom. The van der Waals surface area contributed by atoms with Crippen molar-refractivity contribution in [1.29, 1.82) is 0 Å². The van der Waals surface area contributed by atoms with Crippen LogP contribution in [0.4, 0.5) is 0 Å². The van der Waals surface area contributed by atoms with Gasteiger partial charge in [0.15, 0.2) is 0 Å². The summed E-state index contributed by atoms with van der Waals surface area (Å²) >= 11 is 3.93. The number of pyridine rings is 1. The van der Waals surface area contributed by atoms with Crippen LogP contribution in [0.5, 0.6) is 0 Å². The molecule has 100 valence electrons. The number of rotatable bonds is 4. The first-order chi connectivity index (χ1) is 9.36. The lowest BCUT2D eigenvalue weighted by Gasteiger charge is -2.13. The number of aryl methyl sites for hydroxylation is 1. The minimum absolute atomic E-state index is 0.185.